The normalized spacial score (nSPS) is 35.9. The second-order valence-corrected chi connectivity index (χ2v) is 5.79. The smallest absolute Gasteiger partial charge is 0.0133 e. The van der Waals surface area contributed by atoms with Gasteiger partial charge in [0.25, 0.3) is 0 Å². The van der Waals surface area contributed by atoms with Gasteiger partial charge < -0.3 is 0 Å². The largest absolute Gasteiger partial charge is 0.0812 e. The first-order valence-corrected chi connectivity index (χ1v) is 6.47. The highest BCUT2D eigenvalue weighted by molar-refractivity contribution is 5.23. The van der Waals surface area contributed by atoms with Crippen molar-refractivity contribution < 1.29 is 0 Å². The van der Waals surface area contributed by atoms with E-state index in [9.17, 15) is 0 Å². The zero-order chi connectivity index (χ0) is 11.0. The van der Waals surface area contributed by atoms with Crippen LogP contribution in [-0.4, -0.2) is 0 Å². The van der Waals surface area contributed by atoms with Crippen LogP contribution < -0.4 is 0 Å². The van der Waals surface area contributed by atoms with Crippen molar-refractivity contribution >= 4 is 0 Å². The van der Waals surface area contributed by atoms with Crippen LogP contribution in [0.3, 0.4) is 0 Å². The molecule has 3 atom stereocenters. The van der Waals surface area contributed by atoms with Gasteiger partial charge in [-0.3, -0.25) is 0 Å². The molecule has 0 saturated heterocycles. The van der Waals surface area contributed by atoms with Crippen molar-refractivity contribution in [2.24, 2.45) is 23.7 Å². The summed E-state index contributed by atoms with van der Waals surface area (Å²) < 4.78 is 0. The first kappa shape index (κ1) is 11.0. The Morgan fingerprint density at radius 3 is 2.67 bits per heavy atom. The lowest BCUT2D eigenvalue weighted by molar-refractivity contribution is 0.439. The Hall–Kier alpha value is -0.520. The Morgan fingerprint density at radius 1 is 1.27 bits per heavy atom. The Bertz CT molecular complexity index is 293. The quantitative estimate of drug-likeness (QED) is 0.548. The van der Waals surface area contributed by atoms with Gasteiger partial charge in [-0.15, -0.1) is 0 Å². The second-order valence-electron chi connectivity index (χ2n) is 5.79. The summed E-state index contributed by atoms with van der Waals surface area (Å²) in [5.41, 5.74) is 3.31. The molecular weight excluding hydrogens is 180 g/mol. The third-order valence-corrected chi connectivity index (χ3v) is 4.45. The molecule has 0 aromatic heterocycles. The summed E-state index contributed by atoms with van der Waals surface area (Å²) in [5, 5.41) is 0. The zero-order valence-corrected chi connectivity index (χ0v) is 10.6. The van der Waals surface area contributed by atoms with E-state index in [4.69, 9.17) is 0 Å². The molecule has 0 aliphatic heterocycles. The summed E-state index contributed by atoms with van der Waals surface area (Å²) in [6, 6.07) is 0. The Balaban J connectivity index is 2.29. The SMILES string of the molecule is CC1=CCC(C(C)C)=C[C@H]2[C@@H](C)CC[C@@H]12. The van der Waals surface area contributed by atoms with Gasteiger partial charge in [0.15, 0.2) is 0 Å². The minimum atomic E-state index is 0.723. The first-order valence-electron chi connectivity index (χ1n) is 6.47. The van der Waals surface area contributed by atoms with Crippen LogP contribution in [-0.2, 0) is 0 Å². The van der Waals surface area contributed by atoms with Crippen molar-refractivity contribution in [3.8, 4) is 0 Å². The van der Waals surface area contributed by atoms with Crippen molar-refractivity contribution in [3.05, 3.63) is 23.3 Å². The summed E-state index contributed by atoms with van der Waals surface area (Å²) in [7, 11) is 0. The molecule has 0 amide bonds. The molecule has 0 aromatic rings. The van der Waals surface area contributed by atoms with Crippen LogP contribution in [0.1, 0.15) is 47.0 Å². The molecular formula is C15H24. The van der Waals surface area contributed by atoms with E-state index in [0.29, 0.717) is 0 Å². The molecule has 0 bridgehead atoms. The van der Waals surface area contributed by atoms with E-state index in [2.05, 4.69) is 39.8 Å². The van der Waals surface area contributed by atoms with Crippen LogP contribution in [0.5, 0.6) is 0 Å². The van der Waals surface area contributed by atoms with Gasteiger partial charge in [-0.05, 0) is 49.9 Å². The molecule has 2 rings (SSSR count). The molecule has 2 aliphatic carbocycles. The molecule has 2 aliphatic rings. The molecule has 0 nitrogen and oxygen atoms in total. The fourth-order valence-corrected chi connectivity index (χ4v) is 3.21. The molecule has 1 saturated carbocycles. The van der Waals surface area contributed by atoms with Gasteiger partial charge in [0.1, 0.15) is 0 Å². The zero-order valence-electron chi connectivity index (χ0n) is 10.6. The van der Waals surface area contributed by atoms with Gasteiger partial charge >= 0.3 is 0 Å². The monoisotopic (exact) mass is 204 g/mol. The molecule has 0 N–H and O–H groups in total. The maximum absolute atomic E-state index is 2.61. The van der Waals surface area contributed by atoms with Crippen LogP contribution in [0.2, 0.25) is 0 Å². The Morgan fingerprint density at radius 2 is 2.00 bits per heavy atom. The first-order chi connectivity index (χ1) is 7.09. The van der Waals surface area contributed by atoms with Crippen molar-refractivity contribution in [3.63, 3.8) is 0 Å². The van der Waals surface area contributed by atoms with Crippen LogP contribution in [0.4, 0.5) is 0 Å². The molecule has 84 valence electrons. The molecule has 0 spiro atoms. The lowest BCUT2D eigenvalue weighted by Gasteiger charge is -2.20. The van der Waals surface area contributed by atoms with E-state index < -0.39 is 0 Å². The van der Waals surface area contributed by atoms with Crippen molar-refractivity contribution in [1.29, 1.82) is 0 Å². The predicted molar refractivity (Wildman–Crippen MR) is 66.7 cm³/mol. The summed E-state index contributed by atoms with van der Waals surface area (Å²) in [5.74, 6) is 3.31. The van der Waals surface area contributed by atoms with Gasteiger partial charge in [0.2, 0.25) is 0 Å². The fraction of sp³-hybridized carbons (Fsp3) is 0.733. The number of fused-ring (bicyclic) bond motifs is 1. The Labute approximate surface area is 94.5 Å². The van der Waals surface area contributed by atoms with Gasteiger partial charge in [-0.2, -0.15) is 0 Å². The number of hydrogen-bond donors (Lipinski definition) is 0. The molecule has 15 heavy (non-hydrogen) atoms. The van der Waals surface area contributed by atoms with Crippen molar-refractivity contribution in [2.75, 3.05) is 0 Å². The highest BCUT2D eigenvalue weighted by atomic mass is 14.4. The molecule has 0 heteroatoms. The van der Waals surface area contributed by atoms with Crippen molar-refractivity contribution in [1.82, 2.24) is 0 Å². The Kier molecular flexibility index (Phi) is 3.04. The summed E-state index contributed by atoms with van der Waals surface area (Å²) >= 11 is 0. The lowest BCUT2D eigenvalue weighted by Crippen LogP contribution is -2.11. The molecule has 1 fully saturated rings. The highest BCUT2D eigenvalue weighted by Crippen LogP contribution is 2.44. The minimum absolute atomic E-state index is 0.723. The molecule has 0 aromatic carbocycles. The predicted octanol–water partition coefficient (Wildman–Crippen LogP) is 4.58. The molecule has 0 heterocycles. The van der Waals surface area contributed by atoms with Crippen LogP contribution in [0, 0.1) is 23.7 Å². The van der Waals surface area contributed by atoms with Crippen LogP contribution in [0.25, 0.3) is 0 Å². The van der Waals surface area contributed by atoms with Gasteiger partial charge in [0, 0.05) is 0 Å². The van der Waals surface area contributed by atoms with Crippen molar-refractivity contribution in [2.45, 2.75) is 47.0 Å². The average molecular weight is 204 g/mol. The second kappa shape index (κ2) is 4.15. The maximum atomic E-state index is 2.61. The minimum Gasteiger partial charge on any atom is -0.0812 e. The van der Waals surface area contributed by atoms with Crippen LogP contribution >= 0.6 is 0 Å². The molecule has 0 unspecified atom stereocenters. The standard InChI is InChI=1S/C15H24/c1-10(2)13-7-5-11(3)14-8-6-12(4)15(14)9-13/h5,9-10,12,14-15H,6-8H2,1-4H3/t12-,14-,15-/m0/s1. The maximum Gasteiger partial charge on any atom is -0.0133 e. The van der Waals surface area contributed by atoms with Gasteiger partial charge in [0.05, 0.1) is 0 Å². The number of allylic oxidation sites excluding steroid dienone is 4. The van der Waals surface area contributed by atoms with E-state index in [1.165, 1.54) is 19.3 Å². The third-order valence-electron chi connectivity index (χ3n) is 4.45. The van der Waals surface area contributed by atoms with E-state index >= 15 is 0 Å². The number of hydrogen-bond acceptors (Lipinski definition) is 0. The van der Waals surface area contributed by atoms with Gasteiger partial charge in [-0.1, -0.05) is 44.1 Å². The van der Waals surface area contributed by atoms with E-state index in [1.54, 1.807) is 11.1 Å². The topological polar surface area (TPSA) is 0 Å². The summed E-state index contributed by atoms with van der Waals surface area (Å²) in [6.45, 7) is 9.43. The fourth-order valence-electron chi connectivity index (χ4n) is 3.21. The summed E-state index contributed by atoms with van der Waals surface area (Å²) in [6.07, 6.45) is 9.12. The third kappa shape index (κ3) is 2.04. The van der Waals surface area contributed by atoms with E-state index in [1.807, 2.05) is 0 Å². The average Bonchev–Trinajstić information content (AvgIpc) is 2.43. The van der Waals surface area contributed by atoms with Gasteiger partial charge in [-0.25, -0.2) is 0 Å². The molecule has 0 radical (unpaired) electrons. The van der Waals surface area contributed by atoms with E-state index in [0.717, 1.165) is 23.7 Å². The van der Waals surface area contributed by atoms with E-state index in [-0.39, 0.29) is 0 Å². The number of rotatable bonds is 1. The lowest BCUT2D eigenvalue weighted by atomic mass is 9.85. The summed E-state index contributed by atoms with van der Waals surface area (Å²) in [4.78, 5) is 0. The van der Waals surface area contributed by atoms with Crippen LogP contribution in [0.15, 0.2) is 23.3 Å². The highest BCUT2D eigenvalue weighted by Gasteiger charge is 2.34.